The number of ether oxygens (including phenoxy) is 1. The van der Waals surface area contributed by atoms with E-state index in [1.807, 2.05) is 70.2 Å². The van der Waals surface area contributed by atoms with Crippen molar-refractivity contribution in [3.63, 3.8) is 0 Å². The number of aryl methyl sites for hydroxylation is 2. The first-order valence-corrected chi connectivity index (χ1v) is 10.5. The van der Waals surface area contributed by atoms with Crippen LogP contribution in [0.3, 0.4) is 0 Å². The summed E-state index contributed by atoms with van der Waals surface area (Å²) in [4.78, 5) is 27.8. The molecule has 2 aromatic rings. The van der Waals surface area contributed by atoms with E-state index in [-0.39, 0.29) is 24.3 Å². The van der Waals surface area contributed by atoms with E-state index in [1.54, 1.807) is 18.9 Å². The van der Waals surface area contributed by atoms with Crippen molar-refractivity contribution in [3.05, 3.63) is 64.7 Å². The topological polar surface area (TPSA) is 58.6 Å². The van der Waals surface area contributed by atoms with E-state index < -0.39 is 6.04 Å². The van der Waals surface area contributed by atoms with Gasteiger partial charge in [0.05, 0.1) is 13.5 Å². The summed E-state index contributed by atoms with van der Waals surface area (Å²) in [6.45, 7) is 10.2. The van der Waals surface area contributed by atoms with Gasteiger partial charge in [-0.1, -0.05) is 42.8 Å². The fraction of sp³-hybridized carbons (Fsp3) is 0.440. The number of nitrogens with one attached hydrogen (secondary N) is 1. The molecule has 5 heteroatoms. The van der Waals surface area contributed by atoms with Gasteiger partial charge in [0.15, 0.2) is 0 Å². The van der Waals surface area contributed by atoms with Crippen LogP contribution >= 0.6 is 0 Å². The van der Waals surface area contributed by atoms with Crippen LogP contribution in [-0.2, 0) is 22.6 Å². The average molecular weight is 411 g/mol. The van der Waals surface area contributed by atoms with Gasteiger partial charge < -0.3 is 15.0 Å². The minimum absolute atomic E-state index is 0.0636. The molecule has 0 unspecified atom stereocenters. The van der Waals surface area contributed by atoms with Gasteiger partial charge in [-0.25, -0.2) is 0 Å². The molecule has 2 atom stereocenters. The Balaban J connectivity index is 2.27. The number of carbonyl (C=O) groups is 2. The Labute approximate surface area is 180 Å². The number of hydrogen-bond acceptors (Lipinski definition) is 3. The smallest absolute Gasteiger partial charge is 0.242 e. The monoisotopic (exact) mass is 410 g/mol. The Bertz CT molecular complexity index is 861. The van der Waals surface area contributed by atoms with Crippen LogP contribution in [0.2, 0.25) is 0 Å². The molecule has 0 heterocycles. The Hall–Kier alpha value is -2.82. The van der Waals surface area contributed by atoms with Gasteiger partial charge in [-0.3, -0.25) is 9.59 Å². The number of rotatable bonds is 9. The summed E-state index contributed by atoms with van der Waals surface area (Å²) in [7, 11) is 1.62. The van der Waals surface area contributed by atoms with Crippen molar-refractivity contribution in [1.29, 1.82) is 0 Å². The molecule has 0 spiro atoms. The second-order valence-electron chi connectivity index (χ2n) is 7.97. The Morgan fingerprint density at radius 3 is 2.33 bits per heavy atom. The van der Waals surface area contributed by atoms with E-state index in [0.29, 0.717) is 6.54 Å². The summed E-state index contributed by atoms with van der Waals surface area (Å²) in [5.74, 6) is 0.563. The lowest BCUT2D eigenvalue weighted by atomic mass is 10.0. The Morgan fingerprint density at radius 1 is 1.07 bits per heavy atom. The lowest BCUT2D eigenvalue weighted by molar-refractivity contribution is -0.140. The first-order valence-electron chi connectivity index (χ1n) is 10.5. The minimum atomic E-state index is -0.571. The van der Waals surface area contributed by atoms with Crippen molar-refractivity contribution in [2.75, 3.05) is 7.11 Å². The molecular formula is C25H34N2O3. The van der Waals surface area contributed by atoms with E-state index in [9.17, 15) is 9.59 Å². The van der Waals surface area contributed by atoms with Crippen LogP contribution in [0.5, 0.6) is 5.75 Å². The van der Waals surface area contributed by atoms with Crippen LogP contribution in [0.4, 0.5) is 0 Å². The maximum absolute atomic E-state index is 13.3. The predicted molar refractivity (Wildman–Crippen MR) is 121 cm³/mol. The number of methoxy groups -OCH3 is 1. The molecule has 0 bridgehead atoms. The van der Waals surface area contributed by atoms with Crippen molar-refractivity contribution in [2.24, 2.45) is 0 Å². The Morgan fingerprint density at radius 2 is 1.73 bits per heavy atom. The molecule has 0 fully saturated rings. The molecule has 2 amide bonds. The third kappa shape index (κ3) is 6.34. The molecular weight excluding hydrogens is 376 g/mol. The van der Waals surface area contributed by atoms with E-state index in [1.165, 1.54) is 0 Å². The molecule has 1 N–H and O–H groups in total. The predicted octanol–water partition coefficient (Wildman–Crippen LogP) is 4.19. The molecule has 0 saturated carbocycles. The largest absolute Gasteiger partial charge is 0.497 e. The molecule has 2 aromatic carbocycles. The molecule has 0 saturated heterocycles. The standard InChI is InChI=1S/C25H34N2O3/c1-7-19(4)26-25(29)20(5)27(16-21-10-12-23(30-6)13-11-21)24(28)15-22-14-17(2)8-9-18(22)3/h8-14,19-20H,7,15-16H2,1-6H3,(H,26,29)/t19-,20-/m0/s1. The number of nitrogens with zero attached hydrogens (tertiary/aromatic N) is 1. The summed E-state index contributed by atoms with van der Waals surface area (Å²) in [6, 6.07) is 13.2. The van der Waals surface area contributed by atoms with Crippen molar-refractivity contribution in [2.45, 2.75) is 66.1 Å². The number of amides is 2. The third-order valence-corrected chi connectivity index (χ3v) is 5.53. The van der Waals surface area contributed by atoms with E-state index in [2.05, 4.69) is 5.32 Å². The summed E-state index contributed by atoms with van der Waals surface area (Å²) >= 11 is 0. The van der Waals surface area contributed by atoms with Crippen molar-refractivity contribution < 1.29 is 14.3 Å². The number of benzene rings is 2. The van der Waals surface area contributed by atoms with Gasteiger partial charge in [-0.2, -0.15) is 0 Å². The maximum Gasteiger partial charge on any atom is 0.242 e. The van der Waals surface area contributed by atoms with E-state index >= 15 is 0 Å². The van der Waals surface area contributed by atoms with Crippen LogP contribution in [0.15, 0.2) is 42.5 Å². The first-order chi connectivity index (χ1) is 14.2. The highest BCUT2D eigenvalue weighted by atomic mass is 16.5. The summed E-state index contributed by atoms with van der Waals surface area (Å²) in [5, 5.41) is 3.00. The number of carbonyl (C=O) groups excluding carboxylic acids is 2. The molecule has 0 radical (unpaired) electrons. The quantitative estimate of drug-likeness (QED) is 0.674. The van der Waals surface area contributed by atoms with Crippen molar-refractivity contribution in [3.8, 4) is 5.75 Å². The van der Waals surface area contributed by atoms with Crippen LogP contribution < -0.4 is 10.1 Å². The lowest BCUT2D eigenvalue weighted by Crippen LogP contribution is -2.49. The summed E-state index contributed by atoms with van der Waals surface area (Å²) in [5.41, 5.74) is 4.14. The van der Waals surface area contributed by atoms with Gasteiger partial charge in [0.25, 0.3) is 0 Å². The zero-order chi connectivity index (χ0) is 22.3. The SMILES string of the molecule is CC[C@H](C)NC(=O)[C@H](C)N(Cc1ccc(OC)cc1)C(=O)Cc1cc(C)ccc1C. The second kappa shape index (κ2) is 10.8. The number of hydrogen-bond donors (Lipinski definition) is 1. The van der Waals surface area contributed by atoms with Crippen LogP contribution in [-0.4, -0.2) is 35.9 Å². The highest BCUT2D eigenvalue weighted by Crippen LogP contribution is 2.18. The van der Waals surface area contributed by atoms with Gasteiger partial charge in [-0.15, -0.1) is 0 Å². The van der Waals surface area contributed by atoms with Gasteiger partial charge in [0, 0.05) is 12.6 Å². The fourth-order valence-corrected chi connectivity index (χ4v) is 3.23. The van der Waals surface area contributed by atoms with E-state index in [0.717, 1.165) is 34.4 Å². The summed E-state index contributed by atoms with van der Waals surface area (Å²) in [6.07, 6.45) is 1.11. The van der Waals surface area contributed by atoms with E-state index in [4.69, 9.17) is 4.74 Å². The van der Waals surface area contributed by atoms with Gasteiger partial charge in [-0.05, 0) is 62.9 Å². The molecule has 0 aliphatic rings. The van der Waals surface area contributed by atoms with Gasteiger partial charge in [0.1, 0.15) is 11.8 Å². The highest BCUT2D eigenvalue weighted by Gasteiger charge is 2.27. The fourth-order valence-electron chi connectivity index (χ4n) is 3.23. The maximum atomic E-state index is 13.3. The first kappa shape index (κ1) is 23.5. The third-order valence-electron chi connectivity index (χ3n) is 5.53. The van der Waals surface area contributed by atoms with Crippen LogP contribution in [0.1, 0.15) is 49.4 Å². The normalized spacial score (nSPS) is 12.7. The molecule has 30 heavy (non-hydrogen) atoms. The van der Waals surface area contributed by atoms with Gasteiger partial charge >= 0.3 is 0 Å². The van der Waals surface area contributed by atoms with Crippen molar-refractivity contribution in [1.82, 2.24) is 10.2 Å². The van der Waals surface area contributed by atoms with Crippen molar-refractivity contribution >= 4 is 11.8 Å². The van der Waals surface area contributed by atoms with Gasteiger partial charge in [0.2, 0.25) is 11.8 Å². The Kier molecular flexibility index (Phi) is 8.46. The summed E-state index contributed by atoms with van der Waals surface area (Å²) < 4.78 is 5.22. The highest BCUT2D eigenvalue weighted by molar-refractivity contribution is 5.88. The zero-order valence-electron chi connectivity index (χ0n) is 19.0. The molecule has 0 aromatic heterocycles. The zero-order valence-corrected chi connectivity index (χ0v) is 19.0. The molecule has 0 aliphatic carbocycles. The van der Waals surface area contributed by atoms with Crippen LogP contribution in [0.25, 0.3) is 0 Å². The second-order valence-corrected chi connectivity index (χ2v) is 7.97. The minimum Gasteiger partial charge on any atom is -0.497 e. The molecule has 2 rings (SSSR count). The molecule has 162 valence electrons. The molecule has 0 aliphatic heterocycles. The lowest BCUT2D eigenvalue weighted by Gasteiger charge is -2.30. The van der Waals surface area contributed by atoms with Crippen LogP contribution in [0, 0.1) is 13.8 Å². The average Bonchev–Trinajstić information content (AvgIpc) is 2.74. The molecule has 5 nitrogen and oxygen atoms in total.